The summed E-state index contributed by atoms with van der Waals surface area (Å²) >= 11 is 0. The molecule has 2 N–H and O–H groups in total. The molecule has 0 radical (unpaired) electrons. The van der Waals surface area contributed by atoms with Gasteiger partial charge in [-0.05, 0) is 12.5 Å². The third kappa shape index (κ3) is 2.35. The Hall–Kier alpha value is -2.77. The van der Waals surface area contributed by atoms with Crippen LogP contribution in [0.3, 0.4) is 0 Å². The van der Waals surface area contributed by atoms with E-state index in [-0.39, 0.29) is 5.95 Å². The fourth-order valence-corrected chi connectivity index (χ4v) is 1.83. The van der Waals surface area contributed by atoms with Crippen molar-refractivity contribution in [1.29, 1.82) is 0 Å². The van der Waals surface area contributed by atoms with Crippen LogP contribution in [0.4, 0.5) is 5.95 Å². The summed E-state index contributed by atoms with van der Waals surface area (Å²) in [4.78, 5) is 12.6. The van der Waals surface area contributed by atoms with E-state index in [9.17, 15) is 0 Å². The van der Waals surface area contributed by atoms with Crippen LogP contribution in [0, 0.1) is 0 Å². The van der Waals surface area contributed by atoms with Gasteiger partial charge in [-0.1, -0.05) is 6.92 Å². The van der Waals surface area contributed by atoms with Crippen molar-refractivity contribution < 1.29 is 0 Å². The Morgan fingerprint density at radius 2 is 2.10 bits per heavy atom. The lowest BCUT2D eigenvalue weighted by Crippen LogP contribution is -2.07. The Balaban J connectivity index is 2.00. The van der Waals surface area contributed by atoms with E-state index >= 15 is 0 Å². The Bertz CT molecular complexity index is 700. The number of hydrogen-bond acceptors (Lipinski definition) is 6. The Labute approximate surface area is 115 Å². The fraction of sp³-hybridized carbons (Fsp3) is 0.250. The average Bonchev–Trinajstić information content (AvgIpc) is 3.09. The number of nitrogen functional groups attached to an aromatic ring is 1. The SMILES string of the molecule is CCCn1cc(-c2nc(N)nc(-n3cccn3)n2)cn1. The second kappa shape index (κ2) is 5.08. The molecule has 3 rings (SSSR count). The molecule has 0 unspecified atom stereocenters. The van der Waals surface area contributed by atoms with Crippen molar-refractivity contribution in [3.8, 4) is 17.3 Å². The maximum atomic E-state index is 5.74. The molecular weight excluding hydrogens is 256 g/mol. The summed E-state index contributed by atoms with van der Waals surface area (Å²) in [5.41, 5.74) is 6.54. The van der Waals surface area contributed by atoms with Crippen LogP contribution in [0.1, 0.15) is 13.3 Å². The number of nitrogens with zero attached hydrogens (tertiary/aromatic N) is 7. The smallest absolute Gasteiger partial charge is 0.255 e. The first-order chi connectivity index (χ1) is 9.76. The number of rotatable bonds is 4. The maximum Gasteiger partial charge on any atom is 0.255 e. The van der Waals surface area contributed by atoms with E-state index in [1.54, 1.807) is 24.7 Å². The summed E-state index contributed by atoms with van der Waals surface area (Å²) in [6.07, 6.45) is 8.03. The number of hydrogen-bond donors (Lipinski definition) is 1. The minimum atomic E-state index is 0.156. The highest BCUT2D eigenvalue weighted by molar-refractivity contribution is 5.54. The van der Waals surface area contributed by atoms with Crippen LogP contribution in [-0.2, 0) is 6.54 Å². The van der Waals surface area contributed by atoms with Gasteiger partial charge in [-0.2, -0.15) is 25.1 Å². The van der Waals surface area contributed by atoms with Gasteiger partial charge in [-0.3, -0.25) is 4.68 Å². The van der Waals surface area contributed by atoms with Crippen LogP contribution in [0.2, 0.25) is 0 Å². The Kier molecular flexibility index (Phi) is 3.12. The molecule has 3 aromatic heterocycles. The fourth-order valence-electron chi connectivity index (χ4n) is 1.83. The topological polar surface area (TPSA) is 100 Å². The van der Waals surface area contributed by atoms with Crippen LogP contribution < -0.4 is 5.73 Å². The molecule has 20 heavy (non-hydrogen) atoms. The minimum absolute atomic E-state index is 0.156. The second-order valence-electron chi connectivity index (χ2n) is 4.26. The van der Waals surface area contributed by atoms with E-state index in [1.165, 1.54) is 4.68 Å². The maximum absolute atomic E-state index is 5.74. The van der Waals surface area contributed by atoms with Gasteiger partial charge >= 0.3 is 0 Å². The van der Waals surface area contributed by atoms with Gasteiger partial charge < -0.3 is 5.73 Å². The van der Waals surface area contributed by atoms with Crippen LogP contribution in [0.15, 0.2) is 30.9 Å². The van der Waals surface area contributed by atoms with Crippen molar-refractivity contribution in [3.05, 3.63) is 30.9 Å². The van der Waals surface area contributed by atoms with Crippen LogP contribution in [0.25, 0.3) is 17.3 Å². The molecule has 0 aliphatic heterocycles. The Morgan fingerprint density at radius 1 is 1.20 bits per heavy atom. The lowest BCUT2D eigenvalue weighted by atomic mass is 10.3. The molecule has 0 spiro atoms. The van der Waals surface area contributed by atoms with Crippen molar-refractivity contribution in [1.82, 2.24) is 34.5 Å². The van der Waals surface area contributed by atoms with Gasteiger partial charge in [0.15, 0.2) is 5.82 Å². The number of anilines is 1. The monoisotopic (exact) mass is 270 g/mol. The molecule has 0 saturated carbocycles. The number of aromatic nitrogens is 7. The lowest BCUT2D eigenvalue weighted by molar-refractivity contribution is 0.603. The summed E-state index contributed by atoms with van der Waals surface area (Å²) in [6, 6.07) is 1.79. The zero-order chi connectivity index (χ0) is 13.9. The number of nitrogens with two attached hydrogens (primary N) is 1. The van der Waals surface area contributed by atoms with Crippen molar-refractivity contribution in [2.75, 3.05) is 5.73 Å². The predicted octanol–water partition coefficient (Wildman–Crippen LogP) is 0.913. The molecule has 0 aliphatic carbocycles. The molecule has 3 aromatic rings. The van der Waals surface area contributed by atoms with Gasteiger partial charge in [-0.25, -0.2) is 4.68 Å². The minimum Gasteiger partial charge on any atom is -0.368 e. The second-order valence-corrected chi connectivity index (χ2v) is 4.26. The van der Waals surface area contributed by atoms with E-state index in [0.717, 1.165) is 18.5 Å². The quantitative estimate of drug-likeness (QED) is 0.756. The standard InChI is InChI=1S/C12H14N8/c1-2-5-19-8-9(7-15-19)10-16-11(13)18-12(17-10)20-6-3-4-14-20/h3-4,6-8H,2,5H2,1H3,(H2,13,16,17,18). The van der Waals surface area contributed by atoms with E-state index in [2.05, 4.69) is 32.1 Å². The van der Waals surface area contributed by atoms with Crippen molar-refractivity contribution in [2.24, 2.45) is 0 Å². The molecule has 3 heterocycles. The summed E-state index contributed by atoms with van der Waals surface area (Å²) in [5, 5.41) is 8.34. The van der Waals surface area contributed by atoms with Crippen molar-refractivity contribution in [2.45, 2.75) is 19.9 Å². The van der Waals surface area contributed by atoms with Gasteiger partial charge in [0.25, 0.3) is 5.95 Å². The molecule has 0 fully saturated rings. The molecule has 0 saturated heterocycles. The largest absolute Gasteiger partial charge is 0.368 e. The highest BCUT2D eigenvalue weighted by Crippen LogP contribution is 2.15. The summed E-state index contributed by atoms with van der Waals surface area (Å²) in [7, 11) is 0. The van der Waals surface area contributed by atoms with E-state index in [1.807, 2.05) is 10.9 Å². The van der Waals surface area contributed by atoms with E-state index in [4.69, 9.17) is 5.73 Å². The molecular formula is C12H14N8. The van der Waals surface area contributed by atoms with Gasteiger partial charge in [0.05, 0.1) is 11.8 Å². The molecule has 0 bridgehead atoms. The average molecular weight is 270 g/mol. The first-order valence-electron chi connectivity index (χ1n) is 6.30. The van der Waals surface area contributed by atoms with Crippen LogP contribution >= 0.6 is 0 Å². The lowest BCUT2D eigenvalue weighted by Gasteiger charge is -2.03. The van der Waals surface area contributed by atoms with Gasteiger partial charge in [0.1, 0.15) is 0 Å². The number of aryl methyl sites for hydroxylation is 1. The summed E-state index contributed by atoms with van der Waals surface area (Å²) < 4.78 is 3.39. The van der Waals surface area contributed by atoms with Gasteiger partial charge in [0, 0.05) is 25.1 Å². The summed E-state index contributed by atoms with van der Waals surface area (Å²) in [6.45, 7) is 2.95. The highest BCUT2D eigenvalue weighted by Gasteiger charge is 2.10. The van der Waals surface area contributed by atoms with Crippen LogP contribution in [-0.4, -0.2) is 34.5 Å². The van der Waals surface area contributed by atoms with Gasteiger partial charge in [0.2, 0.25) is 5.95 Å². The Morgan fingerprint density at radius 3 is 2.85 bits per heavy atom. The third-order valence-corrected chi connectivity index (χ3v) is 2.69. The molecule has 0 amide bonds. The first-order valence-corrected chi connectivity index (χ1v) is 6.30. The highest BCUT2D eigenvalue weighted by atomic mass is 15.4. The first kappa shape index (κ1) is 12.3. The van der Waals surface area contributed by atoms with Crippen LogP contribution in [0.5, 0.6) is 0 Å². The molecule has 0 aromatic carbocycles. The molecule has 102 valence electrons. The molecule has 0 aliphatic rings. The summed E-state index contributed by atoms with van der Waals surface area (Å²) in [5.74, 6) is 1.04. The molecule has 8 heteroatoms. The molecule has 0 atom stereocenters. The van der Waals surface area contributed by atoms with E-state index < -0.39 is 0 Å². The molecule has 8 nitrogen and oxygen atoms in total. The van der Waals surface area contributed by atoms with Gasteiger partial charge in [-0.15, -0.1) is 0 Å². The normalized spacial score (nSPS) is 10.8. The van der Waals surface area contributed by atoms with Crippen molar-refractivity contribution >= 4 is 5.95 Å². The predicted molar refractivity (Wildman–Crippen MR) is 72.9 cm³/mol. The van der Waals surface area contributed by atoms with E-state index in [0.29, 0.717) is 11.8 Å². The zero-order valence-electron chi connectivity index (χ0n) is 11.0. The third-order valence-electron chi connectivity index (χ3n) is 2.69. The zero-order valence-corrected chi connectivity index (χ0v) is 11.0. The van der Waals surface area contributed by atoms with Crippen molar-refractivity contribution in [3.63, 3.8) is 0 Å².